The Morgan fingerprint density at radius 2 is 1.73 bits per heavy atom. The van der Waals surface area contributed by atoms with Crippen molar-refractivity contribution in [1.82, 2.24) is 10.2 Å². The number of unbranched alkanes of at least 4 members (excludes halogenated alkanes) is 2. The summed E-state index contributed by atoms with van der Waals surface area (Å²) >= 11 is 8.65. The lowest BCUT2D eigenvalue weighted by Crippen LogP contribution is -2.42. The van der Waals surface area contributed by atoms with E-state index in [-0.39, 0.29) is 17.9 Å². The molecule has 33 heavy (non-hydrogen) atoms. The largest absolute Gasteiger partial charge is 0.492 e. The SMILES string of the molecule is C[C@H](N)CCCCN(CCCC[C@H](N)C(=O)NCCOc1ccc(CS)c(CS)c1)C(=N)N. The van der Waals surface area contributed by atoms with E-state index in [9.17, 15) is 4.79 Å². The van der Waals surface area contributed by atoms with Gasteiger partial charge in [-0.15, -0.1) is 0 Å². The lowest BCUT2D eigenvalue weighted by Gasteiger charge is -2.23. The van der Waals surface area contributed by atoms with Crippen molar-refractivity contribution in [1.29, 1.82) is 5.41 Å². The monoisotopic (exact) mass is 498 g/mol. The first kappa shape index (κ1) is 29.4. The summed E-state index contributed by atoms with van der Waals surface area (Å²) in [6.07, 6.45) is 5.15. The Balaban J connectivity index is 2.22. The highest BCUT2D eigenvalue weighted by Gasteiger charge is 2.13. The zero-order chi connectivity index (χ0) is 24.6. The van der Waals surface area contributed by atoms with Crippen molar-refractivity contribution in [3.63, 3.8) is 0 Å². The topological polar surface area (TPSA) is 143 Å². The first-order chi connectivity index (χ1) is 15.8. The summed E-state index contributed by atoms with van der Waals surface area (Å²) in [6.45, 7) is 4.19. The van der Waals surface area contributed by atoms with Crippen molar-refractivity contribution in [3.05, 3.63) is 29.3 Å². The Bertz CT molecular complexity index is 720. The summed E-state index contributed by atoms with van der Waals surface area (Å²) < 4.78 is 5.72. The minimum atomic E-state index is -0.563. The number of amides is 1. The summed E-state index contributed by atoms with van der Waals surface area (Å²) in [5.41, 5.74) is 19.7. The maximum atomic E-state index is 12.2. The number of thiol groups is 2. The molecule has 0 fully saturated rings. The molecule has 1 rings (SSSR count). The number of rotatable bonds is 17. The highest BCUT2D eigenvalue weighted by atomic mass is 32.1. The van der Waals surface area contributed by atoms with Gasteiger partial charge < -0.3 is 32.2 Å². The van der Waals surface area contributed by atoms with E-state index in [0.717, 1.165) is 55.5 Å². The fourth-order valence-electron chi connectivity index (χ4n) is 3.39. The number of nitrogens with zero attached hydrogens (tertiary/aromatic N) is 1. The Morgan fingerprint density at radius 1 is 1.09 bits per heavy atom. The van der Waals surface area contributed by atoms with Gasteiger partial charge in [0.05, 0.1) is 12.6 Å². The standard InChI is InChI=1S/C23H42N6O2S2/c1-17(24)6-2-4-11-29(23(26)27)12-5-3-7-21(25)22(30)28-10-13-31-20-9-8-18(15-32)19(14-20)16-33/h8-9,14,17,21,32-33H,2-7,10-13,15-16,24-25H2,1H3,(H3,26,27)(H,28,30)/t17-,21-/m0/s1. The number of benzene rings is 1. The van der Waals surface area contributed by atoms with Crippen LogP contribution in [-0.2, 0) is 16.3 Å². The number of nitrogens with two attached hydrogens (primary N) is 3. The zero-order valence-electron chi connectivity index (χ0n) is 19.8. The number of hydrogen-bond acceptors (Lipinski definition) is 7. The minimum absolute atomic E-state index is 0.0830. The third-order valence-corrected chi connectivity index (χ3v) is 6.08. The molecule has 1 amide bonds. The van der Waals surface area contributed by atoms with Gasteiger partial charge in [0.2, 0.25) is 5.91 Å². The third-order valence-electron chi connectivity index (χ3n) is 5.40. The number of guanidine groups is 1. The van der Waals surface area contributed by atoms with Crippen molar-refractivity contribution in [2.75, 3.05) is 26.2 Å². The lowest BCUT2D eigenvalue weighted by molar-refractivity contribution is -0.122. The quantitative estimate of drug-likeness (QED) is 0.0760. The first-order valence-corrected chi connectivity index (χ1v) is 12.9. The van der Waals surface area contributed by atoms with E-state index >= 15 is 0 Å². The van der Waals surface area contributed by atoms with Gasteiger partial charge in [0.1, 0.15) is 12.4 Å². The first-order valence-electron chi connectivity index (χ1n) is 11.6. The summed E-state index contributed by atoms with van der Waals surface area (Å²) in [7, 11) is 0. The third kappa shape index (κ3) is 12.4. The molecule has 0 aliphatic rings. The van der Waals surface area contributed by atoms with Crippen LogP contribution in [0.5, 0.6) is 5.75 Å². The maximum Gasteiger partial charge on any atom is 0.237 e. The maximum absolute atomic E-state index is 12.2. The smallest absolute Gasteiger partial charge is 0.237 e. The van der Waals surface area contributed by atoms with Gasteiger partial charge in [-0.1, -0.05) is 12.5 Å². The van der Waals surface area contributed by atoms with Gasteiger partial charge in [-0.3, -0.25) is 10.2 Å². The number of hydrogen-bond donors (Lipinski definition) is 7. The summed E-state index contributed by atoms with van der Waals surface area (Å²) in [6, 6.07) is 5.47. The van der Waals surface area contributed by atoms with E-state index in [1.807, 2.05) is 30.0 Å². The van der Waals surface area contributed by atoms with E-state index in [0.29, 0.717) is 37.6 Å². The zero-order valence-corrected chi connectivity index (χ0v) is 21.6. The molecular formula is C23H42N6O2S2. The molecule has 0 saturated heterocycles. The van der Waals surface area contributed by atoms with Crippen molar-refractivity contribution < 1.29 is 9.53 Å². The van der Waals surface area contributed by atoms with Crippen LogP contribution in [0.15, 0.2) is 18.2 Å². The molecule has 1 aromatic rings. The molecule has 0 heterocycles. The predicted octanol–water partition coefficient (Wildman–Crippen LogP) is 2.25. The van der Waals surface area contributed by atoms with E-state index in [1.165, 1.54) is 0 Å². The molecule has 0 aromatic heterocycles. The van der Waals surface area contributed by atoms with Gasteiger partial charge in [-0.2, -0.15) is 25.3 Å². The molecule has 2 atom stereocenters. The highest BCUT2D eigenvalue weighted by Crippen LogP contribution is 2.20. The van der Waals surface area contributed by atoms with Gasteiger partial charge in [0.25, 0.3) is 0 Å². The minimum Gasteiger partial charge on any atom is -0.492 e. The van der Waals surface area contributed by atoms with Gasteiger partial charge in [-0.05, 0) is 62.3 Å². The highest BCUT2D eigenvalue weighted by molar-refractivity contribution is 7.79. The Labute approximate surface area is 209 Å². The molecule has 0 saturated carbocycles. The van der Waals surface area contributed by atoms with Crippen LogP contribution < -0.4 is 27.3 Å². The van der Waals surface area contributed by atoms with E-state index in [1.54, 1.807) is 0 Å². The van der Waals surface area contributed by atoms with Crippen molar-refractivity contribution in [3.8, 4) is 5.75 Å². The molecule has 0 aliphatic carbocycles. The van der Waals surface area contributed by atoms with Crippen LogP contribution >= 0.6 is 25.3 Å². The molecule has 0 unspecified atom stereocenters. The van der Waals surface area contributed by atoms with Crippen LogP contribution in [0.25, 0.3) is 0 Å². The Hall–Kier alpha value is -1.62. The number of carbonyl (C=O) groups excluding carboxylic acids is 1. The molecule has 10 heteroatoms. The fraction of sp³-hybridized carbons (Fsp3) is 0.652. The Morgan fingerprint density at radius 3 is 2.30 bits per heavy atom. The van der Waals surface area contributed by atoms with Crippen molar-refractivity contribution >= 4 is 37.1 Å². The number of ether oxygens (including phenoxy) is 1. The average Bonchev–Trinajstić information content (AvgIpc) is 2.79. The van der Waals surface area contributed by atoms with Crippen LogP contribution in [0.1, 0.15) is 56.6 Å². The molecule has 0 bridgehead atoms. The summed E-state index contributed by atoms with van der Waals surface area (Å²) in [5.74, 6) is 1.93. The predicted molar refractivity (Wildman–Crippen MR) is 143 cm³/mol. The number of carbonyl (C=O) groups is 1. The van der Waals surface area contributed by atoms with Crippen LogP contribution in [0, 0.1) is 5.41 Å². The lowest BCUT2D eigenvalue weighted by atomic mass is 10.1. The second kappa shape index (κ2) is 16.9. The van der Waals surface area contributed by atoms with Gasteiger partial charge in [-0.25, -0.2) is 0 Å². The fourth-order valence-corrected chi connectivity index (χ4v) is 3.99. The molecule has 0 aliphatic heterocycles. The van der Waals surface area contributed by atoms with Gasteiger partial charge in [0.15, 0.2) is 5.96 Å². The molecule has 0 radical (unpaired) electrons. The summed E-state index contributed by atoms with van der Waals surface area (Å²) in [5, 5.41) is 10.6. The normalized spacial score (nSPS) is 12.8. The van der Waals surface area contributed by atoms with E-state index in [2.05, 4.69) is 30.6 Å². The van der Waals surface area contributed by atoms with Crippen molar-refractivity contribution in [2.45, 2.75) is 69.0 Å². The Kier molecular flexibility index (Phi) is 15.1. The molecule has 0 spiro atoms. The van der Waals surface area contributed by atoms with Gasteiger partial charge >= 0.3 is 0 Å². The molecule has 8 N–H and O–H groups in total. The summed E-state index contributed by atoms with van der Waals surface area (Å²) in [4.78, 5) is 14.1. The van der Waals surface area contributed by atoms with Crippen LogP contribution in [0.2, 0.25) is 0 Å². The molecule has 188 valence electrons. The molecular weight excluding hydrogens is 456 g/mol. The van der Waals surface area contributed by atoms with E-state index < -0.39 is 6.04 Å². The van der Waals surface area contributed by atoms with Gasteiger partial charge in [0, 0.05) is 30.6 Å². The second-order valence-corrected chi connectivity index (χ2v) is 8.97. The average molecular weight is 499 g/mol. The number of nitrogens with one attached hydrogen (secondary N) is 2. The van der Waals surface area contributed by atoms with Crippen LogP contribution in [0.4, 0.5) is 0 Å². The molecule has 8 nitrogen and oxygen atoms in total. The second-order valence-electron chi connectivity index (χ2n) is 8.33. The molecule has 1 aromatic carbocycles. The van der Waals surface area contributed by atoms with E-state index in [4.69, 9.17) is 27.3 Å². The van der Waals surface area contributed by atoms with Crippen LogP contribution in [0.3, 0.4) is 0 Å². The van der Waals surface area contributed by atoms with Crippen LogP contribution in [-0.4, -0.2) is 55.1 Å². The van der Waals surface area contributed by atoms with Crippen molar-refractivity contribution in [2.24, 2.45) is 17.2 Å².